The average Bonchev–Trinajstić information content (AvgIpc) is 2.67. The van der Waals surface area contributed by atoms with Crippen LogP contribution in [0.2, 0.25) is 0 Å². The predicted octanol–water partition coefficient (Wildman–Crippen LogP) is 1.65. The van der Waals surface area contributed by atoms with E-state index in [4.69, 9.17) is 5.41 Å². The molecule has 2 saturated heterocycles. The molecule has 0 radical (unpaired) electrons. The molecule has 0 atom stereocenters. The number of likely N-dealkylation sites (tertiary alicyclic amines) is 1. The topological polar surface area (TPSA) is 59.4 Å². The molecule has 1 spiro atoms. The molecule has 5 nitrogen and oxygen atoms in total. The molecule has 2 N–H and O–H groups in total. The Bertz CT molecular complexity index is 520. The Kier molecular flexibility index (Phi) is 3.22. The molecule has 2 aliphatic heterocycles. The minimum Gasteiger partial charge on any atom is -0.315 e. The van der Waals surface area contributed by atoms with Gasteiger partial charge in [0.25, 0.3) is 0 Å². The fraction of sp³-hybridized carbons (Fsp3) is 0.467. The third-order valence-corrected chi connectivity index (χ3v) is 4.58. The normalized spacial score (nSPS) is 22.4. The van der Waals surface area contributed by atoms with Crippen molar-refractivity contribution >= 4 is 11.9 Å². The molecule has 0 aliphatic carbocycles. The van der Waals surface area contributed by atoms with Crippen molar-refractivity contribution in [1.82, 2.24) is 15.1 Å². The molecule has 106 valence electrons. The number of amides is 2. The standard InChI is InChI=1S/C15H20N4O/c1-18-14(20)17-13(16)15(18)7-9-19(10-8-15)11-12-5-3-2-4-6-12/h2-6H,7-11H2,1H3,(H2,16,17,20). The largest absolute Gasteiger partial charge is 0.323 e. The number of nitrogens with zero attached hydrogens (tertiary/aromatic N) is 2. The molecule has 2 heterocycles. The zero-order valence-electron chi connectivity index (χ0n) is 11.7. The second kappa shape index (κ2) is 4.90. The number of nitrogens with one attached hydrogen (secondary N) is 2. The highest BCUT2D eigenvalue weighted by Gasteiger charge is 2.49. The third-order valence-electron chi connectivity index (χ3n) is 4.58. The first-order chi connectivity index (χ1) is 9.62. The van der Waals surface area contributed by atoms with E-state index in [0.717, 1.165) is 32.5 Å². The molecule has 3 rings (SSSR count). The summed E-state index contributed by atoms with van der Waals surface area (Å²) in [5.41, 5.74) is 0.914. The quantitative estimate of drug-likeness (QED) is 0.860. The van der Waals surface area contributed by atoms with Gasteiger partial charge in [-0.3, -0.25) is 15.6 Å². The monoisotopic (exact) mass is 272 g/mol. The molecule has 0 saturated carbocycles. The first-order valence-electron chi connectivity index (χ1n) is 7.02. The van der Waals surface area contributed by atoms with E-state index >= 15 is 0 Å². The van der Waals surface area contributed by atoms with Crippen LogP contribution in [0.5, 0.6) is 0 Å². The van der Waals surface area contributed by atoms with Gasteiger partial charge in [-0.2, -0.15) is 0 Å². The van der Waals surface area contributed by atoms with E-state index in [2.05, 4.69) is 34.5 Å². The summed E-state index contributed by atoms with van der Waals surface area (Å²) in [6, 6.07) is 10.3. The SMILES string of the molecule is CN1C(=O)NC(=N)C12CCN(Cc1ccccc1)CC2. The fourth-order valence-corrected chi connectivity index (χ4v) is 3.18. The predicted molar refractivity (Wildman–Crippen MR) is 77.7 cm³/mol. The van der Waals surface area contributed by atoms with Gasteiger partial charge in [-0.25, -0.2) is 4.79 Å². The van der Waals surface area contributed by atoms with E-state index in [9.17, 15) is 4.79 Å². The summed E-state index contributed by atoms with van der Waals surface area (Å²) in [5.74, 6) is 0.365. The minimum atomic E-state index is -0.399. The van der Waals surface area contributed by atoms with Crippen molar-refractivity contribution < 1.29 is 4.79 Å². The van der Waals surface area contributed by atoms with Crippen molar-refractivity contribution in [2.24, 2.45) is 0 Å². The highest BCUT2D eigenvalue weighted by Crippen LogP contribution is 2.32. The van der Waals surface area contributed by atoms with Crippen LogP contribution in [0.4, 0.5) is 4.79 Å². The number of rotatable bonds is 2. The van der Waals surface area contributed by atoms with Gasteiger partial charge in [-0.1, -0.05) is 30.3 Å². The summed E-state index contributed by atoms with van der Waals surface area (Å²) < 4.78 is 0. The number of carbonyl (C=O) groups is 1. The van der Waals surface area contributed by atoms with Gasteiger partial charge in [0.15, 0.2) is 0 Å². The zero-order chi connectivity index (χ0) is 14.2. The minimum absolute atomic E-state index is 0.147. The number of carbonyl (C=O) groups excluding carboxylic acids is 1. The van der Waals surface area contributed by atoms with Gasteiger partial charge in [0.05, 0.1) is 0 Å². The summed E-state index contributed by atoms with van der Waals surface area (Å²) in [6.07, 6.45) is 1.65. The molecule has 2 aliphatic rings. The molecule has 5 heteroatoms. The Labute approximate surface area is 119 Å². The lowest BCUT2D eigenvalue weighted by Crippen LogP contribution is -2.54. The molecule has 0 bridgehead atoms. The smallest absolute Gasteiger partial charge is 0.315 e. The van der Waals surface area contributed by atoms with Crippen LogP contribution < -0.4 is 5.32 Å². The Morgan fingerprint density at radius 2 is 1.90 bits per heavy atom. The van der Waals surface area contributed by atoms with Gasteiger partial charge in [0.2, 0.25) is 0 Å². The van der Waals surface area contributed by atoms with Crippen LogP contribution >= 0.6 is 0 Å². The number of urea groups is 1. The maximum atomic E-state index is 11.7. The first-order valence-corrected chi connectivity index (χ1v) is 7.02. The second-order valence-electron chi connectivity index (χ2n) is 5.66. The number of hydrogen-bond acceptors (Lipinski definition) is 3. The van der Waals surface area contributed by atoms with E-state index in [-0.39, 0.29) is 6.03 Å². The van der Waals surface area contributed by atoms with Crippen molar-refractivity contribution in [2.45, 2.75) is 24.9 Å². The van der Waals surface area contributed by atoms with Crippen LogP contribution in [0.3, 0.4) is 0 Å². The second-order valence-corrected chi connectivity index (χ2v) is 5.66. The van der Waals surface area contributed by atoms with Gasteiger partial charge in [0, 0.05) is 26.7 Å². The molecule has 2 amide bonds. The van der Waals surface area contributed by atoms with Crippen molar-refractivity contribution in [1.29, 1.82) is 5.41 Å². The van der Waals surface area contributed by atoms with Crippen molar-refractivity contribution in [2.75, 3.05) is 20.1 Å². The highest BCUT2D eigenvalue weighted by atomic mass is 16.2. The lowest BCUT2D eigenvalue weighted by Gasteiger charge is -2.42. The van der Waals surface area contributed by atoms with Crippen molar-refractivity contribution in [3.8, 4) is 0 Å². The average molecular weight is 272 g/mol. The van der Waals surface area contributed by atoms with Gasteiger partial charge < -0.3 is 4.90 Å². The fourth-order valence-electron chi connectivity index (χ4n) is 3.18. The number of piperidine rings is 1. The summed E-state index contributed by atoms with van der Waals surface area (Å²) in [7, 11) is 1.80. The molecule has 0 aromatic heterocycles. The maximum Gasteiger partial charge on any atom is 0.323 e. The Morgan fingerprint density at radius 1 is 1.25 bits per heavy atom. The summed E-state index contributed by atoms with van der Waals surface area (Å²) in [4.78, 5) is 15.8. The Morgan fingerprint density at radius 3 is 2.45 bits per heavy atom. The molecule has 20 heavy (non-hydrogen) atoms. The lowest BCUT2D eigenvalue weighted by atomic mass is 9.86. The molecular formula is C15H20N4O. The Hall–Kier alpha value is -1.88. The van der Waals surface area contributed by atoms with Gasteiger partial charge in [0.1, 0.15) is 11.4 Å². The van der Waals surface area contributed by atoms with Crippen LogP contribution in [0.15, 0.2) is 30.3 Å². The summed E-state index contributed by atoms with van der Waals surface area (Å²) in [5, 5.41) is 10.7. The summed E-state index contributed by atoms with van der Waals surface area (Å²) in [6.45, 7) is 2.77. The van der Waals surface area contributed by atoms with Crippen LogP contribution in [0.25, 0.3) is 0 Å². The van der Waals surface area contributed by atoms with Gasteiger partial charge in [-0.05, 0) is 18.4 Å². The van der Waals surface area contributed by atoms with E-state index in [1.54, 1.807) is 11.9 Å². The zero-order valence-corrected chi connectivity index (χ0v) is 11.7. The van der Waals surface area contributed by atoms with Crippen LogP contribution in [0, 0.1) is 5.41 Å². The molecule has 1 aromatic rings. The first kappa shape index (κ1) is 13.1. The van der Waals surface area contributed by atoms with Crippen LogP contribution in [0.1, 0.15) is 18.4 Å². The Balaban J connectivity index is 1.65. The number of amidine groups is 1. The van der Waals surface area contributed by atoms with Crippen LogP contribution in [-0.2, 0) is 6.54 Å². The van der Waals surface area contributed by atoms with Crippen LogP contribution in [-0.4, -0.2) is 47.3 Å². The van der Waals surface area contributed by atoms with Gasteiger partial charge in [-0.15, -0.1) is 0 Å². The van der Waals surface area contributed by atoms with Crippen molar-refractivity contribution in [3.63, 3.8) is 0 Å². The van der Waals surface area contributed by atoms with E-state index < -0.39 is 5.54 Å². The molecule has 0 unspecified atom stereocenters. The van der Waals surface area contributed by atoms with E-state index in [0.29, 0.717) is 5.84 Å². The van der Waals surface area contributed by atoms with E-state index in [1.165, 1.54) is 5.56 Å². The number of likely N-dealkylation sites (N-methyl/N-ethyl adjacent to an activating group) is 1. The lowest BCUT2D eigenvalue weighted by molar-refractivity contribution is 0.114. The number of benzene rings is 1. The molecule has 1 aromatic carbocycles. The highest BCUT2D eigenvalue weighted by molar-refractivity contribution is 6.08. The third kappa shape index (κ3) is 2.08. The van der Waals surface area contributed by atoms with E-state index in [1.807, 2.05) is 6.07 Å². The maximum absolute atomic E-state index is 11.7. The van der Waals surface area contributed by atoms with Gasteiger partial charge >= 0.3 is 6.03 Å². The summed E-state index contributed by atoms with van der Waals surface area (Å²) >= 11 is 0. The molecular weight excluding hydrogens is 252 g/mol. The molecule has 2 fully saturated rings. The van der Waals surface area contributed by atoms with Crippen molar-refractivity contribution in [3.05, 3.63) is 35.9 Å². The number of hydrogen-bond donors (Lipinski definition) is 2.